The van der Waals surface area contributed by atoms with Crippen molar-refractivity contribution >= 4 is 5.78 Å². The van der Waals surface area contributed by atoms with Gasteiger partial charge in [-0.05, 0) is 29.5 Å². The summed E-state index contributed by atoms with van der Waals surface area (Å²) in [6, 6.07) is 13.5. The summed E-state index contributed by atoms with van der Waals surface area (Å²) in [7, 11) is 0. The summed E-state index contributed by atoms with van der Waals surface area (Å²) in [6.07, 6.45) is 0.161. The molecule has 0 N–H and O–H groups in total. The average molecular weight is 324 g/mol. The van der Waals surface area contributed by atoms with Gasteiger partial charge in [-0.1, -0.05) is 57.2 Å². The normalized spacial score (nSPS) is 16.8. The number of benzene rings is 2. The molecule has 0 amide bonds. The van der Waals surface area contributed by atoms with Crippen molar-refractivity contribution in [3.63, 3.8) is 0 Å². The second-order valence-electron chi connectivity index (χ2n) is 7.34. The number of para-hydroxylation sites is 1. The zero-order valence-corrected chi connectivity index (χ0v) is 14.8. The summed E-state index contributed by atoms with van der Waals surface area (Å²) in [4.78, 5) is 13.2. The van der Waals surface area contributed by atoms with Gasteiger partial charge in [0.25, 0.3) is 0 Å². The summed E-state index contributed by atoms with van der Waals surface area (Å²) < 4.78 is 11.1. The van der Waals surface area contributed by atoms with Crippen molar-refractivity contribution in [2.24, 2.45) is 0 Å². The molecule has 3 heteroatoms. The number of carbonyl (C=O) groups is 1. The van der Waals surface area contributed by atoms with Crippen molar-refractivity contribution in [3.8, 4) is 5.75 Å². The van der Waals surface area contributed by atoms with Gasteiger partial charge < -0.3 is 9.47 Å². The predicted molar refractivity (Wildman–Crippen MR) is 95.0 cm³/mol. The highest BCUT2D eigenvalue weighted by Crippen LogP contribution is 2.31. The van der Waals surface area contributed by atoms with E-state index in [1.54, 1.807) is 0 Å². The van der Waals surface area contributed by atoms with E-state index in [1.165, 1.54) is 0 Å². The molecule has 1 unspecified atom stereocenters. The highest BCUT2D eigenvalue weighted by molar-refractivity contribution is 6.12. The lowest BCUT2D eigenvalue weighted by molar-refractivity contribution is 0.103. The third kappa shape index (κ3) is 3.51. The molecule has 2 aromatic carbocycles. The second kappa shape index (κ2) is 6.40. The summed E-state index contributed by atoms with van der Waals surface area (Å²) >= 11 is 0. The number of rotatable bonds is 5. The van der Waals surface area contributed by atoms with Crippen LogP contribution in [-0.2, 0) is 10.2 Å². The van der Waals surface area contributed by atoms with Gasteiger partial charge in [0, 0.05) is 5.56 Å². The number of ketones is 1. The molecular formula is C21H24O3. The van der Waals surface area contributed by atoms with Crippen molar-refractivity contribution in [2.45, 2.75) is 39.2 Å². The Morgan fingerprint density at radius 3 is 2.46 bits per heavy atom. The summed E-state index contributed by atoms with van der Waals surface area (Å²) in [5.41, 5.74) is 3.28. The van der Waals surface area contributed by atoms with Crippen molar-refractivity contribution in [1.82, 2.24) is 0 Å². The number of aryl methyl sites for hydroxylation is 1. The van der Waals surface area contributed by atoms with Crippen LogP contribution in [0.25, 0.3) is 0 Å². The molecule has 1 aliphatic rings. The smallest absolute Gasteiger partial charge is 0.197 e. The maximum absolute atomic E-state index is 13.2. The Morgan fingerprint density at radius 2 is 1.79 bits per heavy atom. The molecule has 126 valence electrons. The first-order chi connectivity index (χ1) is 11.4. The SMILES string of the molecule is Cc1cccc(C(=O)c2ccccc2C(C)(C)C)c1OCC1CO1. The quantitative estimate of drug-likeness (QED) is 0.608. The molecule has 3 rings (SSSR count). The van der Waals surface area contributed by atoms with E-state index in [4.69, 9.17) is 9.47 Å². The molecule has 0 saturated carbocycles. The van der Waals surface area contributed by atoms with E-state index in [0.29, 0.717) is 17.9 Å². The maximum atomic E-state index is 13.2. The number of carbonyl (C=O) groups excluding carboxylic acids is 1. The van der Waals surface area contributed by atoms with E-state index >= 15 is 0 Å². The second-order valence-corrected chi connectivity index (χ2v) is 7.34. The molecule has 0 bridgehead atoms. The van der Waals surface area contributed by atoms with Crippen LogP contribution >= 0.6 is 0 Å². The zero-order chi connectivity index (χ0) is 17.3. The molecule has 3 nitrogen and oxygen atoms in total. The van der Waals surface area contributed by atoms with Gasteiger partial charge >= 0.3 is 0 Å². The molecule has 0 aromatic heterocycles. The lowest BCUT2D eigenvalue weighted by atomic mass is 9.81. The van der Waals surface area contributed by atoms with Crippen LogP contribution in [-0.4, -0.2) is 25.1 Å². The molecule has 1 atom stereocenters. The Balaban J connectivity index is 2.00. The fourth-order valence-electron chi connectivity index (χ4n) is 2.84. The first-order valence-electron chi connectivity index (χ1n) is 8.36. The van der Waals surface area contributed by atoms with Gasteiger partial charge in [0.05, 0.1) is 12.2 Å². The molecule has 1 saturated heterocycles. The molecule has 1 fully saturated rings. The number of epoxide rings is 1. The number of hydrogen-bond acceptors (Lipinski definition) is 3. The monoisotopic (exact) mass is 324 g/mol. The van der Waals surface area contributed by atoms with Gasteiger partial charge in [0.15, 0.2) is 5.78 Å². The Bertz CT molecular complexity index is 752. The third-order valence-corrected chi connectivity index (χ3v) is 4.25. The Morgan fingerprint density at radius 1 is 1.12 bits per heavy atom. The molecule has 1 heterocycles. The largest absolute Gasteiger partial charge is 0.490 e. The van der Waals surface area contributed by atoms with Crippen LogP contribution in [0.4, 0.5) is 0 Å². The molecular weight excluding hydrogens is 300 g/mol. The van der Waals surface area contributed by atoms with E-state index in [1.807, 2.05) is 49.4 Å². The fourth-order valence-corrected chi connectivity index (χ4v) is 2.84. The van der Waals surface area contributed by atoms with Crippen LogP contribution in [0.2, 0.25) is 0 Å². The summed E-state index contributed by atoms with van der Waals surface area (Å²) in [5.74, 6) is 0.678. The minimum absolute atomic E-state index is 0.0101. The highest BCUT2D eigenvalue weighted by Gasteiger charge is 2.27. The zero-order valence-electron chi connectivity index (χ0n) is 14.8. The Kier molecular flexibility index (Phi) is 4.46. The highest BCUT2D eigenvalue weighted by atomic mass is 16.6. The van der Waals surface area contributed by atoms with Crippen molar-refractivity contribution in [1.29, 1.82) is 0 Å². The Hall–Kier alpha value is -2.13. The third-order valence-electron chi connectivity index (χ3n) is 4.25. The van der Waals surface area contributed by atoms with E-state index in [-0.39, 0.29) is 17.3 Å². The summed E-state index contributed by atoms with van der Waals surface area (Å²) in [5, 5.41) is 0. The molecule has 0 spiro atoms. The number of hydrogen-bond donors (Lipinski definition) is 0. The molecule has 2 aromatic rings. The van der Waals surface area contributed by atoms with Gasteiger partial charge in [-0.15, -0.1) is 0 Å². The predicted octanol–water partition coefficient (Wildman–Crippen LogP) is 4.30. The van der Waals surface area contributed by atoms with Crippen LogP contribution in [0.1, 0.15) is 47.8 Å². The van der Waals surface area contributed by atoms with Crippen molar-refractivity contribution < 1.29 is 14.3 Å². The lowest BCUT2D eigenvalue weighted by Crippen LogP contribution is -2.18. The minimum Gasteiger partial charge on any atom is -0.490 e. The standard InChI is InChI=1S/C21H24O3/c1-14-8-7-10-17(20(14)24-13-15-12-23-15)19(22)16-9-5-6-11-18(16)21(2,3)4/h5-11,15H,12-13H2,1-4H3. The maximum Gasteiger partial charge on any atom is 0.197 e. The van der Waals surface area contributed by atoms with Crippen LogP contribution in [0.15, 0.2) is 42.5 Å². The number of ether oxygens (including phenoxy) is 2. The van der Waals surface area contributed by atoms with Gasteiger partial charge in [-0.2, -0.15) is 0 Å². The first kappa shape index (κ1) is 16.7. The van der Waals surface area contributed by atoms with E-state index in [9.17, 15) is 4.79 Å². The van der Waals surface area contributed by atoms with E-state index in [2.05, 4.69) is 20.8 Å². The van der Waals surface area contributed by atoms with Crippen LogP contribution in [0.5, 0.6) is 5.75 Å². The molecule has 24 heavy (non-hydrogen) atoms. The fraction of sp³-hybridized carbons (Fsp3) is 0.381. The molecule has 0 radical (unpaired) electrons. The van der Waals surface area contributed by atoms with E-state index in [0.717, 1.165) is 23.3 Å². The summed E-state index contributed by atoms with van der Waals surface area (Å²) in [6.45, 7) is 9.56. The van der Waals surface area contributed by atoms with Gasteiger partial charge in [-0.25, -0.2) is 0 Å². The average Bonchev–Trinajstić information content (AvgIpc) is 3.36. The Labute approximate surface area is 143 Å². The van der Waals surface area contributed by atoms with Crippen molar-refractivity contribution in [2.75, 3.05) is 13.2 Å². The van der Waals surface area contributed by atoms with Crippen LogP contribution < -0.4 is 4.74 Å². The molecule has 1 aliphatic heterocycles. The lowest BCUT2D eigenvalue weighted by Gasteiger charge is -2.23. The van der Waals surface area contributed by atoms with E-state index < -0.39 is 0 Å². The van der Waals surface area contributed by atoms with Gasteiger partial charge in [0.1, 0.15) is 18.5 Å². The van der Waals surface area contributed by atoms with Crippen LogP contribution in [0, 0.1) is 6.92 Å². The molecule has 0 aliphatic carbocycles. The first-order valence-corrected chi connectivity index (χ1v) is 8.36. The van der Waals surface area contributed by atoms with Gasteiger partial charge in [-0.3, -0.25) is 4.79 Å². The topological polar surface area (TPSA) is 38.8 Å². The van der Waals surface area contributed by atoms with Crippen molar-refractivity contribution in [3.05, 3.63) is 64.7 Å². The minimum atomic E-state index is -0.0983. The van der Waals surface area contributed by atoms with Gasteiger partial charge in [0.2, 0.25) is 0 Å². The van der Waals surface area contributed by atoms with Crippen LogP contribution in [0.3, 0.4) is 0 Å².